The van der Waals surface area contributed by atoms with E-state index in [1.807, 2.05) is 60.7 Å². The number of hydrogen-bond donors (Lipinski definition) is 0. The Bertz CT molecular complexity index is 1340. The van der Waals surface area contributed by atoms with E-state index >= 15 is 0 Å². The fraction of sp³-hybridized carbons (Fsp3) is 0.138. The lowest BCUT2D eigenvalue weighted by Gasteiger charge is -2.28. The largest absolute Gasteiger partial charge is 0.336 e. The fourth-order valence-corrected chi connectivity index (χ4v) is 4.12. The van der Waals surface area contributed by atoms with E-state index in [0.717, 1.165) is 15.7 Å². The number of halogens is 1. The summed E-state index contributed by atoms with van der Waals surface area (Å²) in [5.41, 5.74) is 1.88. The van der Waals surface area contributed by atoms with E-state index in [1.165, 1.54) is 18.3 Å². The maximum absolute atomic E-state index is 14.1. The van der Waals surface area contributed by atoms with Crippen LogP contribution in [0.5, 0.6) is 0 Å². The van der Waals surface area contributed by atoms with Gasteiger partial charge < -0.3 is 4.90 Å². The Kier molecular flexibility index (Phi) is 7.91. The Morgan fingerprint density at radius 2 is 1.34 bits per heavy atom. The number of benzene rings is 3. The van der Waals surface area contributed by atoms with Crippen LogP contribution in [0.15, 0.2) is 114 Å². The second kappa shape index (κ2) is 11.4. The van der Waals surface area contributed by atoms with Gasteiger partial charge in [-0.1, -0.05) is 103 Å². The summed E-state index contributed by atoms with van der Waals surface area (Å²) >= 11 is 6.17. The number of amides is 1. The number of Topliss-reactive ketones (excluding diaryl/α,β-unsaturated/α-hetero) is 1. The van der Waals surface area contributed by atoms with Gasteiger partial charge in [-0.3, -0.25) is 19.0 Å². The van der Waals surface area contributed by atoms with Crippen LogP contribution in [-0.4, -0.2) is 27.7 Å². The van der Waals surface area contributed by atoms with Crippen molar-refractivity contribution in [2.45, 2.75) is 19.0 Å². The number of carbonyl (C=O) groups excluding carboxylic acids is 2. The van der Waals surface area contributed by atoms with Crippen molar-refractivity contribution in [1.82, 2.24) is 9.47 Å². The zero-order chi connectivity index (χ0) is 24.6. The first kappa shape index (κ1) is 24.2. The standard InChI is InChI=1S/C29H25ClN2O3/c30-25-16-17-26(33)32(21-25)27(28(34)24-14-8-3-9-15-24)29(35)31(20-23-12-6-2-7-13-23)19-18-22-10-4-1-5-11-22/h1-17,21,27H,18-20H2. The average molecular weight is 485 g/mol. The molecule has 35 heavy (non-hydrogen) atoms. The first-order valence-electron chi connectivity index (χ1n) is 11.4. The van der Waals surface area contributed by atoms with Crippen molar-refractivity contribution in [1.29, 1.82) is 0 Å². The summed E-state index contributed by atoms with van der Waals surface area (Å²) in [4.78, 5) is 42.1. The van der Waals surface area contributed by atoms with Crippen molar-refractivity contribution in [3.8, 4) is 0 Å². The molecule has 0 saturated carbocycles. The Balaban J connectivity index is 1.74. The smallest absolute Gasteiger partial charge is 0.254 e. The molecule has 1 atom stereocenters. The third-order valence-electron chi connectivity index (χ3n) is 5.76. The molecule has 0 N–H and O–H groups in total. The first-order chi connectivity index (χ1) is 17.0. The molecule has 0 aliphatic heterocycles. The number of carbonyl (C=O) groups is 2. The molecule has 5 nitrogen and oxygen atoms in total. The minimum absolute atomic E-state index is 0.266. The number of pyridine rings is 1. The molecule has 176 valence electrons. The topological polar surface area (TPSA) is 59.4 Å². The Labute approximate surface area is 209 Å². The minimum atomic E-state index is -1.37. The number of ketones is 1. The van der Waals surface area contributed by atoms with Gasteiger partial charge >= 0.3 is 0 Å². The van der Waals surface area contributed by atoms with Crippen LogP contribution in [0.25, 0.3) is 0 Å². The molecule has 0 spiro atoms. The second-order valence-electron chi connectivity index (χ2n) is 8.21. The molecule has 0 fully saturated rings. The van der Waals surface area contributed by atoms with E-state index in [0.29, 0.717) is 25.1 Å². The lowest BCUT2D eigenvalue weighted by Crippen LogP contribution is -2.44. The fourth-order valence-electron chi connectivity index (χ4n) is 3.95. The Morgan fingerprint density at radius 3 is 1.97 bits per heavy atom. The molecule has 0 saturated heterocycles. The quantitative estimate of drug-likeness (QED) is 0.242. The second-order valence-corrected chi connectivity index (χ2v) is 8.64. The molecule has 1 amide bonds. The van der Waals surface area contributed by atoms with Crippen LogP contribution in [-0.2, 0) is 17.8 Å². The summed E-state index contributed by atoms with van der Waals surface area (Å²) in [7, 11) is 0. The molecule has 3 aromatic carbocycles. The lowest BCUT2D eigenvalue weighted by molar-refractivity contribution is -0.134. The van der Waals surface area contributed by atoms with E-state index in [2.05, 4.69) is 0 Å². The zero-order valence-electron chi connectivity index (χ0n) is 19.1. The lowest BCUT2D eigenvalue weighted by atomic mass is 10.0. The van der Waals surface area contributed by atoms with Crippen LogP contribution in [0.3, 0.4) is 0 Å². The number of nitrogens with zero attached hydrogens (tertiary/aromatic N) is 2. The Hall–Kier alpha value is -3.96. The van der Waals surface area contributed by atoms with Gasteiger partial charge in [0.15, 0.2) is 11.8 Å². The van der Waals surface area contributed by atoms with Crippen LogP contribution in [0, 0.1) is 0 Å². The summed E-state index contributed by atoms with van der Waals surface area (Å²) in [6.45, 7) is 0.687. The molecule has 0 radical (unpaired) electrons. The average Bonchev–Trinajstić information content (AvgIpc) is 2.90. The Morgan fingerprint density at radius 1 is 0.771 bits per heavy atom. The molecule has 0 aliphatic carbocycles. The molecule has 1 aromatic heterocycles. The number of aromatic nitrogens is 1. The van der Waals surface area contributed by atoms with Crippen molar-refractivity contribution in [2.24, 2.45) is 0 Å². The third kappa shape index (κ3) is 6.14. The van der Waals surface area contributed by atoms with E-state index in [9.17, 15) is 14.4 Å². The summed E-state index contributed by atoms with van der Waals surface area (Å²) in [5.74, 6) is -0.916. The van der Waals surface area contributed by atoms with Crippen LogP contribution in [0.2, 0.25) is 5.02 Å². The maximum Gasteiger partial charge on any atom is 0.254 e. The van der Waals surface area contributed by atoms with Gasteiger partial charge in [-0.05, 0) is 23.6 Å². The molecule has 4 rings (SSSR count). The first-order valence-corrected chi connectivity index (χ1v) is 11.7. The highest BCUT2D eigenvalue weighted by molar-refractivity contribution is 6.30. The monoisotopic (exact) mass is 484 g/mol. The highest BCUT2D eigenvalue weighted by atomic mass is 35.5. The van der Waals surface area contributed by atoms with Crippen molar-refractivity contribution in [2.75, 3.05) is 6.54 Å². The van der Waals surface area contributed by atoms with Crippen molar-refractivity contribution in [3.05, 3.63) is 141 Å². The van der Waals surface area contributed by atoms with E-state index in [4.69, 9.17) is 11.6 Å². The van der Waals surface area contributed by atoms with E-state index < -0.39 is 23.3 Å². The highest BCUT2D eigenvalue weighted by Gasteiger charge is 2.34. The van der Waals surface area contributed by atoms with Gasteiger partial charge in [-0.15, -0.1) is 0 Å². The number of hydrogen-bond acceptors (Lipinski definition) is 3. The molecule has 6 heteroatoms. The number of rotatable bonds is 9. The van der Waals surface area contributed by atoms with Crippen LogP contribution >= 0.6 is 11.6 Å². The van der Waals surface area contributed by atoms with Gasteiger partial charge in [0.25, 0.3) is 11.5 Å². The van der Waals surface area contributed by atoms with Crippen LogP contribution in [0.1, 0.15) is 27.5 Å². The van der Waals surface area contributed by atoms with Gasteiger partial charge in [0.05, 0.1) is 5.02 Å². The van der Waals surface area contributed by atoms with Crippen molar-refractivity contribution < 1.29 is 9.59 Å². The zero-order valence-corrected chi connectivity index (χ0v) is 19.8. The van der Waals surface area contributed by atoms with Gasteiger partial charge in [0, 0.05) is 30.9 Å². The summed E-state index contributed by atoms with van der Waals surface area (Å²) in [6.07, 6.45) is 1.96. The molecule has 0 aliphatic rings. The summed E-state index contributed by atoms with van der Waals surface area (Å²) < 4.78 is 1.14. The predicted molar refractivity (Wildman–Crippen MR) is 138 cm³/mol. The normalized spacial score (nSPS) is 11.6. The highest BCUT2D eigenvalue weighted by Crippen LogP contribution is 2.20. The SMILES string of the molecule is O=C(c1ccccc1)C(C(=O)N(CCc1ccccc1)Cc1ccccc1)n1cc(Cl)ccc1=O. The maximum atomic E-state index is 14.1. The molecular weight excluding hydrogens is 460 g/mol. The van der Waals surface area contributed by atoms with Gasteiger partial charge in [0.1, 0.15) is 0 Å². The van der Waals surface area contributed by atoms with E-state index in [-0.39, 0.29) is 5.02 Å². The molecule has 4 aromatic rings. The van der Waals surface area contributed by atoms with E-state index in [1.54, 1.807) is 35.2 Å². The van der Waals surface area contributed by atoms with Crippen LogP contribution in [0.4, 0.5) is 0 Å². The molecule has 1 heterocycles. The molecule has 0 bridgehead atoms. The van der Waals surface area contributed by atoms with Crippen molar-refractivity contribution >= 4 is 23.3 Å². The van der Waals surface area contributed by atoms with Crippen molar-refractivity contribution in [3.63, 3.8) is 0 Å². The summed E-state index contributed by atoms with van der Waals surface area (Å²) in [5, 5.41) is 0.266. The minimum Gasteiger partial charge on any atom is -0.336 e. The van der Waals surface area contributed by atoms with Gasteiger partial charge in [0.2, 0.25) is 0 Å². The predicted octanol–water partition coefficient (Wildman–Crippen LogP) is 5.20. The molecule has 1 unspecified atom stereocenters. The molecular formula is C29H25ClN2O3. The van der Waals surface area contributed by atoms with Crippen LogP contribution < -0.4 is 5.56 Å². The van der Waals surface area contributed by atoms with Gasteiger partial charge in [-0.25, -0.2) is 0 Å². The van der Waals surface area contributed by atoms with Gasteiger partial charge in [-0.2, -0.15) is 0 Å². The summed E-state index contributed by atoms with van der Waals surface area (Å²) in [6, 6.07) is 29.3. The third-order valence-corrected chi connectivity index (χ3v) is 5.99.